The Morgan fingerprint density at radius 1 is 1.33 bits per heavy atom. The minimum Gasteiger partial charge on any atom is -0.391 e. The lowest BCUT2D eigenvalue weighted by atomic mass is 9.89. The maximum Gasteiger partial charge on any atom is 0.251 e. The van der Waals surface area contributed by atoms with E-state index in [0.29, 0.717) is 17.0 Å². The SMILES string of the molecule is CC(C)(C)CC(O)CNC(=O)c1ccc(Cl)cc1. The fraction of sp³-hybridized carbons (Fsp3) is 0.500. The minimum atomic E-state index is -0.527. The Morgan fingerprint density at radius 2 is 1.89 bits per heavy atom. The molecule has 0 aliphatic carbocycles. The van der Waals surface area contributed by atoms with E-state index in [1.54, 1.807) is 24.3 Å². The van der Waals surface area contributed by atoms with Gasteiger partial charge < -0.3 is 10.4 Å². The normalized spacial score (nSPS) is 13.2. The zero-order valence-electron chi connectivity index (χ0n) is 11.0. The summed E-state index contributed by atoms with van der Waals surface area (Å²) >= 11 is 5.74. The van der Waals surface area contributed by atoms with Gasteiger partial charge in [-0.3, -0.25) is 4.79 Å². The summed E-state index contributed by atoms with van der Waals surface area (Å²) in [5, 5.41) is 13.1. The van der Waals surface area contributed by atoms with Crippen LogP contribution in [-0.4, -0.2) is 23.7 Å². The number of amides is 1. The van der Waals surface area contributed by atoms with Gasteiger partial charge in [-0.15, -0.1) is 0 Å². The van der Waals surface area contributed by atoms with Crippen LogP contribution in [0.2, 0.25) is 5.02 Å². The highest BCUT2D eigenvalue weighted by Crippen LogP contribution is 2.20. The average molecular weight is 270 g/mol. The van der Waals surface area contributed by atoms with Crippen LogP contribution < -0.4 is 5.32 Å². The van der Waals surface area contributed by atoms with Gasteiger partial charge in [0.1, 0.15) is 0 Å². The van der Waals surface area contributed by atoms with E-state index in [9.17, 15) is 9.90 Å². The van der Waals surface area contributed by atoms with Crippen molar-refractivity contribution in [1.82, 2.24) is 5.32 Å². The van der Waals surface area contributed by atoms with Gasteiger partial charge in [-0.1, -0.05) is 32.4 Å². The number of halogens is 1. The molecule has 0 aromatic heterocycles. The first-order valence-corrected chi connectivity index (χ1v) is 6.37. The van der Waals surface area contributed by atoms with Crippen LogP contribution in [0.5, 0.6) is 0 Å². The fourth-order valence-electron chi connectivity index (χ4n) is 1.69. The lowest BCUT2D eigenvalue weighted by molar-refractivity contribution is 0.0868. The van der Waals surface area contributed by atoms with Crippen LogP contribution in [0.15, 0.2) is 24.3 Å². The molecule has 1 aromatic rings. The summed E-state index contributed by atoms with van der Waals surface area (Å²) in [6.07, 6.45) is 0.120. The monoisotopic (exact) mass is 269 g/mol. The summed E-state index contributed by atoms with van der Waals surface area (Å²) in [6, 6.07) is 6.66. The number of aliphatic hydroxyl groups excluding tert-OH is 1. The highest BCUT2D eigenvalue weighted by atomic mass is 35.5. The number of aliphatic hydroxyl groups is 1. The van der Waals surface area contributed by atoms with E-state index in [2.05, 4.69) is 26.1 Å². The van der Waals surface area contributed by atoms with Crippen LogP contribution in [0.25, 0.3) is 0 Å². The maximum atomic E-state index is 11.8. The van der Waals surface area contributed by atoms with Crippen molar-refractivity contribution in [1.29, 1.82) is 0 Å². The molecular formula is C14H20ClNO2. The van der Waals surface area contributed by atoms with Crippen molar-refractivity contribution in [2.24, 2.45) is 5.41 Å². The molecule has 0 bridgehead atoms. The van der Waals surface area contributed by atoms with Crippen LogP contribution in [0.4, 0.5) is 0 Å². The van der Waals surface area contributed by atoms with Crippen molar-refractivity contribution >= 4 is 17.5 Å². The van der Waals surface area contributed by atoms with Crippen LogP contribution in [0, 0.1) is 5.41 Å². The first-order chi connectivity index (χ1) is 8.28. The highest BCUT2D eigenvalue weighted by Gasteiger charge is 2.17. The predicted molar refractivity (Wildman–Crippen MR) is 73.9 cm³/mol. The van der Waals surface area contributed by atoms with Gasteiger partial charge in [0.25, 0.3) is 5.91 Å². The Kier molecular flexibility index (Phi) is 5.17. The third kappa shape index (κ3) is 5.52. The molecule has 0 saturated carbocycles. The Bertz CT molecular complexity index is 395. The van der Waals surface area contributed by atoms with Crippen molar-refractivity contribution in [3.8, 4) is 0 Å². The van der Waals surface area contributed by atoms with Crippen molar-refractivity contribution in [3.63, 3.8) is 0 Å². The van der Waals surface area contributed by atoms with Crippen LogP contribution >= 0.6 is 11.6 Å². The van der Waals surface area contributed by atoms with Gasteiger partial charge in [0, 0.05) is 17.1 Å². The highest BCUT2D eigenvalue weighted by molar-refractivity contribution is 6.30. The van der Waals surface area contributed by atoms with E-state index in [-0.39, 0.29) is 17.9 Å². The summed E-state index contributed by atoms with van der Waals surface area (Å²) in [5.41, 5.74) is 0.590. The van der Waals surface area contributed by atoms with E-state index in [1.165, 1.54) is 0 Å². The van der Waals surface area contributed by atoms with Crippen LogP contribution in [0.1, 0.15) is 37.6 Å². The third-order valence-electron chi connectivity index (χ3n) is 2.45. The molecule has 0 heterocycles. The number of hydrogen-bond donors (Lipinski definition) is 2. The largest absolute Gasteiger partial charge is 0.391 e. The molecule has 1 atom stereocenters. The second kappa shape index (κ2) is 6.21. The summed E-state index contributed by atoms with van der Waals surface area (Å²) in [7, 11) is 0. The molecule has 1 amide bonds. The Hall–Kier alpha value is -1.06. The quantitative estimate of drug-likeness (QED) is 0.883. The Morgan fingerprint density at radius 3 is 2.39 bits per heavy atom. The number of nitrogens with one attached hydrogen (secondary N) is 1. The van der Waals surface area contributed by atoms with E-state index < -0.39 is 6.10 Å². The smallest absolute Gasteiger partial charge is 0.251 e. The molecule has 0 radical (unpaired) electrons. The zero-order valence-corrected chi connectivity index (χ0v) is 11.8. The topological polar surface area (TPSA) is 49.3 Å². The molecule has 4 heteroatoms. The minimum absolute atomic E-state index is 0.0460. The Balaban J connectivity index is 2.44. The molecular weight excluding hydrogens is 250 g/mol. The van der Waals surface area contributed by atoms with Crippen molar-refractivity contribution < 1.29 is 9.90 Å². The first kappa shape index (κ1) is 15.0. The van der Waals surface area contributed by atoms with Gasteiger partial charge in [-0.2, -0.15) is 0 Å². The van der Waals surface area contributed by atoms with Crippen LogP contribution in [0.3, 0.4) is 0 Å². The molecule has 1 unspecified atom stereocenters. The number of rotatable bonds is 4. The number of benzene rings is 1. The number of hydrogen-bond acceptors (Lipinski definition) is 2. The third-order valence-corrected chi connectivity index (χ3v) is 2.70. The molecule has 1 aromatic carbocycles. The second-order valence-corrected chi connectivity index (χ2v) is 6.07. The van der Waals surface area contributed by atoms with Crippen molar-refractivity contribution in [2.75, 3.05) is 6.54 Å². The average Bonchev–Trinajstić information content (AvgIpc) is 2.24. The molecule has 0 spiro atoms. The predicted octanol–water partition coefficient (Wildman–Crippen LogP) is 2.87. The van der Waals surface area contributed by atoms with Gasteiger partial charge in [0.05, 0.1) is 6.10 Å². The molecule has 0 fully saturated rings. The summed E-state index contributed by atoms with van der Waals surface area (Å²) in [5.74, 6) is -0.195. The first-order valence-electron chi connectivity index (χ1n) is 6.00. The standard InChI is InChI=1S/C14H20ClNO2/c1-14(2,3)8-12(17)9-16-13(18)10-4-6-11(15)7-5-10/h4-7,12,17H,8-9H2,1-3H3,(H,16,18). The number of carbonyl (C=O) groups excluding carboxylic acids is 1. The van der Waals surface area contributed by atoms with Crippen molar-refractivity contribution in [3.05, 3.63) is 34.9 Å². The Labute approximate surface area is 113 Å². The molecule has 100 valence electrons. The summed E-state index contributed by atoms with van der Waals surface area (Å²) in [6.45, 7) is 6.42. The fourth-order valence-corrected chi connectivity index (χ4v) is 1.82. The molecule has 0 aliphatic heterocycles. The van der Waals surface area contributed by atoms with E-state index >= 15 is 0 Å². The lowest BCUT2D eigenvalue weighted by Gasteiger charge is -2.22. The van der Waals surface area contributed by atoms with Gasteiger partial charge in [0.2, 0.25) is 0 Å². The molecule has 3 nitrogen and oxygen atoms in total. The molecule has 0 saturated heterocycles. The molecule has 2 N–H and O–H groups in total. The second-order valence-electron chi connectivity index (χ2n) is 5.64. The van der Waals surface area contributed by atoms with Crippen molar-refractivity contribution in [2.45, 2.75) is 33.3 Å². The van der Waals surface area contributed by atoms with E-state index in [4.69, 9.17) is 11.6 Å². The molecule has 0 aliphatic rings. The van der Waals surface area contributed by atoms with Gasteiger partial charge >= 0.3 is 0 Å². The zero-order chi connectivity index (χ0) is 13.8. The maximum absolute atomic E-state index is 11.8. The summed E-state index contributed by atoms with van der Waals surface area (Å²) in [4.78, 5) is 11.8. The van der Waals surface area contributed by atoms with Gasteiger partial charge in [-0.05, 0) is 36.1 Å². The van der Waals surface area contributed by atoms with Crippen LogP contribution in [-0.2, 0) is 0 Å². The van der Waals surface area contributed by atoms with Gasteiger partial charge in [-0.25, -0.2) is 0 Å². The summed E-state index contributed by atoms with van der Waals surface area (Å²) < 4.78 is 0. The molecule has 18 heavy (non-hydrogen) atoms. The van der Waals surface area contributed by atoms with E-state index in [1.807, 2.05) is 0 Å². The lowest BCUT2D eigenvalue weighted by Crippen LogP contribution is -2.34. The van der Waals surface area contributed by atoms with Gasteiger partial charge in [0.15, 0.2) is 0 Å². The molecule has 1 rings (SSSR count). The number of carbonyl (C=O) groups is 1. The van der Waals surface area contributed by atoms with E-state index in [0.717, 1.165) is 0 Å².